The average Bonchev–Trinajstić information content (AvgIpc) is 3.23. The van der Waals surface area contributed by atoms with Crippen molar-refractivity contribution in [3.05, 3.63) is 84.1 Å². The molecule has 32 heavy (non-hydrogen) atoms. The molecule has 0 N–H and O–H groups in total. The van der Waals surface area contributed by atoms with Crippen molar-refractivity contribution in [1.82, 2.24) is 14.8 Å². The van der Waals surface area contributed by atoms with Gasteiger partial charge < -0.3 is 14.0 Å². The van der Waals surface area contributed by atoms with E-state index in [2.05, 4.69) is 10.2 Å². The first-order chi connectivity index (χ1) is 15.7. The summed E-state index contributed by atoms with van der Waals surface area (Å²) in [6.07, 6.45) is 1.96. The van der Waals surface area contributed by atoms with E-state index in [1.54, 1.807) is 18.2 Å². The van der Waals surface area contributed by atoms with Crippen LogP contribution in [0.1, 0.15) is 5.56 Å². The fourth-order valence-corrected chi connectivity index (χ4v) is 4.16. The first-order valence-corrected chi connectivity index (χ1v) is 10.2. The number of ether oxygens (including phenoxy) is 2. The molecule has 0 atom stereocenters. The number of hydrogen-bond donors (Lipinski definition) is 0. The molecule has 0 saturated heterocycles. The Balaban J connectivity index is 1.60. The number of hydrogen-bond acceptors (Lipinski definition) is 4. The molecule has 0 aliphatic carbocycles. The van der Waals surface area contributed by atoms with Gasteiger partial charge in [-0.2, -0.15) is 0 Å². The number of aromatic nitrogens is 3. The minimum Gasteiger partial charge on any atom is -0.486 e. The van der Waals surface area contributed by atoms with Gasteiger partial charge in [0.05, 0.1) is 5.52 Å². The molecule has 0 amide bonds. The van der Waals surface area contributed by atoms with Gasteiger partial charge in [-0.3, -0.25) is 0 Å². The third-order valence-corrected chi connectivity index (χ3v) is 5.63. The second-order valence-electron chi connectivity index (χ2n) is 7.72. The van der Waals surface area contributed by atoms with Crippen molar-refractivity contribution in [2.45, 2.75) is 6.54 Å². The van der Waals surface area contributed by atoms with Crippen LogP contribution in [-0.4, -0.2) is 28.0 Å². The highest BCUT2D eigenvalue weighted by Gasteiger charge is 2.23. The molecular formula is C25H17F2N3O2. The summed E-state index contributed by atoms with van der Waals surface area (Å²) in [5.74, 6) is 0.716. The average molecular weight is 429 g/mol. The molecule has 3 aliphatic rings. The van der Waals surface area contributed by atoms with E-state index < -0.39 is 0 Å². The first-order valence-electron chi connectivity index (χ1n) is 10.2. The third kappa shape index (κ3) is 3.13. The lowest BCUT2D eigenvalue weighted by atomic mass is 10.0. The number of halogens is 2. The highest BCUT2D eigenvalue weighted by atomic mass is 19.1. The van der Waals surface area contributed by atoms with Crippen LogP contribution >= 0.6 is 0 Å². The summed E-state index contributed by atoms with van der Waals surface area (Å²) in [4.78, 5) is 0. The summed E-state index contributed by atoms with van der Waals surface area (Å²) in [7, 11) is 0. The third-order valence-electron chi connectivity index (χ3n) is 5.63. The fourth-order valence-electron chi connectivity index (χ4n) is 4.16. The number of fused-ring (bicyclic) bond motifs is 4. The molecule has 0 radical (unpaired) electrons. The lowest BCUT2D eigenvalue weighted by Crippen LogP contribution is -2.15. The van der Waals surface area contributed by atoms with Gasteiger partial charge in [0.1, 0.15) is 36.2 Å². The largest absolute Gasteiger partial charge is 0.486 e. The topological polar surface area (TPSA) is 49.2 Å². The van der Waals surface area contributed by atoms with Gasteiger partial charge >= 0.3 is 0 Å². The molecule has 3 aromatic rings. The number of benzene rings is 3. The van der Waals surface area contributed by atoms with Crippen LogP contribution in [0.4, 0.5) is 8.78 Å². The van der Waals surface area contributed by atoms with Crippen LogP contribution < -0.4 is 9.47 Å². The van der Waals surface area contributed by atoms with Gasteiger partial charge in [0.15, 0.2) is 11.5 Å². The van der Waals surface area contributed by atoms with Crippen LogP contribution in [0.25, 0.3) is 33.4 Å². The summed E-state index contributed by atoms with van der Waals surface area (Å²) in [6.45, 7) is 1.40. The van der Waals surface area contributed by atoms with Gasteiger partial charge in [-0.15, -0.1) is 10.2 Å². The summed E-state index contributed by atoms with van der Waals surface area (Å²) in [5.41, 5.74) is 4.65. The van der Waals surface area contributed by atoms with Crippen molar-refractivity contribution in [3.63, 3.8) is 0 Å². The normalized spacial score (nSPS) is 13.1. The van der Waals surface area contributed by atoms with E-state index >= 15 is 0 Å². The molecule has 0 unspecified atom stereocenters. The van der Waals surface area contributed by atoms with Crippen LogP contribution in [0.15, 0.2) is 66.9 Å². The Hall–Kier alpha value is -4.00. The molecule has 3 aliphatic heterocycles. The Morgan fingerprint density at radius 1 is 0.812 bits per heavy atom. The molecule has 6 rings (SSSR count). The van der Waals surface area contributed by atoms with E-state index in [1.165, 1.54) is 24.3 Å². The Kier molecular flexibility index (Phi) is 4.28. The second-order valence-corrected chi connectivity index (χ2v) is 7.72. The van der Waals surface area contributed by atoms with Crippen LogP contribution in [0.2, 0.25) is 0 Å². The maximum absolute atomic E-state index is 13.8. The molecule has 3 heterocycles. The number of rotatable bonds is 3. The zero-order valence-electron chi connectivity index (χ0n) is 16.9. The van der Waals surface area contributed by atoms with Crippen molar-refractivity contribution in [3.8, 4) is 34.0 Å². The lowest BCUT2D eigenvalue weighted by molar-refractivity contribution is 0.172. The molecule has 0 spiro atoms. The van der Waals surface area contributed by atoms with E-state index in [4.69, 9.17) is 9.47 Å². The van der Waals surface area contributed by atoms with Crippen molar-refractivity contribution < 1.29 is 18.3 Å². The van der Waals surface area contributed by atoms with E-state index in [0.717, 1.165) is 27.6 Å². The minimum atomic E-state index is -0.312. The van der Waals surface area contributed by atoms with Crippen LogP contribution in [-0.2, 0) is 6.54 Å². The highest BCUT2D eigenvalue weighted by molar-refractivity contribution is 5.99. The maximum Gasteiger partial charge on any atom is 0.163 e. The summed E-state index contributed by atoms with van der Waals surface area (Å²) in [6, 6.07) is 16.5. The molecule has 3 aromatic carbocycles. The summed E-state index contributed by atoms with van der Waals surface area (Å²) < 4.78 is 40.9. The fraction of sp³-hybridized carbons (Fsp3) is 0.120. The zero-order valence-corrected chi connectivity index (χ0v) is 16.9. The molecule has 0 bridgehead atoms. The Labute approximate surface area is 182 Å². The van der Waals surface area contributed by atoms with E-state index in [1.807, 2.05) is 29.0 Å². The van der Waals surface area contributed by atoms with Crippen molar-refractivity contribution in [2.75, 3.05) is 13.2 Å². The Morgan fingerprint density at radius 2 is 1.56 bits per heavy atom. The van der Waals surface area contributed by atoms with Crippen molar-refractivity contribution in [2.24, 2.45) is 0 Å². The summed E-state index contributed by atoms with van der Waals surface area (Å²) >= 11 is 0. The smallest absolute Gasteiger partial charge is 0.163 e. The standard InChI is InChI=1S/C25H17F2N3O2/c26-17-6-4-16(5-7-17)24-20-14-30(13-15-2-1-3-18(27)10-15)21-12-23-22(31-8-9-32-23)11-19(21)25(20)29-28-24/h1-7,10-12,14H,8-9,13H2. The molecule has 7 heteroatoms. The predicted octanol–water partition coefficient (Wildman–Crippen LogP) is 5.30. The minimum absolute atomic E-state index is 0.286. The molecule has 158 valence electrons. The Bertz CT molecular complexity index is 1430. The number of pyridine rings is 1. The number of nitrogens with zero attached hydrogens (tertiary/aromatic N) is 3. The van der Waals surface area contributed by atoms with Gasteiger partial charge in [-0.25, -0.2) is 8.78 Å². The summed E-state index contributed by atoms with van der Waals surface area (Å²) in [5, 5.41) is 9.70. The van der Waals surface area contributed by atoms with Gasteiger partial charge in [-0.05, 0) is 48.0 Å². The quantitative estimate of drug-likeness (QED) is 0.391. The molecule has 5 nitrogen and oxygen atoms in total. The maximum atomic E-state index is 13.8. The van der Waals surface area contributed by atoms with Crippen LogP contribution in [0.5, 0.6) is 11.5 Å². The second kappa shape index (κ2) is 7.30. The van der Waals surface area contributed by atoms with Gasteiger partial charge in [0.2, 0.25) is 0 Å². The van der Waals surface area contributed by atoms with E-state index in [0.29, 0.717) is 42.6 Å². The van der Waals surface area contributed by atoms with Crippen molar-refractivity contribution in [1.29, 1.82) is 0 Å². The van der Waals surface area contributed by atoms with E-state index in [-0.39, 0.29) is 11.6 Å². The molecular weight excluding hydrogens is 412 g/mol. The molecule has 0 aromatic heterocycles. The monoisotopic (exact) mass is 429 g/mol. The van der Waals surface area contributed by atoms with E-state index in [9.17, 15) is 8.78 Å². The first kappa shape index (κ1) is 18.7. The Morgan fingerprint density at radius 3 is 2.34 bits per heavy atom. The SMILES string of the molecule is Fc1ccc(-c2nnc3c4cc5c(cc4n(Cc4cccc(F)c4)cc2-3)OCCO5)cc1. The molecule has 0 saturated carbocycles. The van der Waals surface area contributed by atoms with Gasteiger partial charge in [0, 0.05) is 35.3 Å². The van der Waals surface area contributed by atoms with Crippen molar-refractivity contribution >= 4 is 10.9 Å². The highest BCUT2D eigenvalue weighted by Crippen LogP contribution is 2.41. The van der Waals surface area contributed by atoms with Crippen LogP contribution in [0.3, 0.4) is 0 Å². The van der Waals surface area contributed by atoms with Gasteiger partial charge in [0.25, 0.3) is 0 Å². The predicted molar refractivity (Wildman–Crippen MR) is 116 cm³/mol. The molecule has 0 fully saturated rings. The zero-order chi connectivity index (χ0) is 21.7. The lowest BCUT2D eigenvalue weighted by Gasteiger charge is -2.21. The van der Waals surface area contributed by atoms with Gasteiger partial charge in [-0.1, -0.05) is 12.1 Å². The van der Waals surface area contributed by atoms with Crippen LogP contribution in [0, 0.1) is 11.6 Å².